The van der Waals surface area contributed by atoms with Crippen molar-refractivity contribution in [2.45, 2.75) is 51.9 Å². The number of likely N-dealkylation sites (tertiary alicyclic amines) is 1. The second kappa shape index (κ2) is 10.1. The average Bonchev–Trinajstić information content (AvgIpc) is 2.60. The lowest BCUT2D eigenvalue weighted by atomic mass is 10.1. The molecule has 1 heterocycles. The molecule has 1 aliphatic heterocycles. The van der Waals surface area contributed by atoms with Crippen LogP contribution in [-0.4, -0.2) is 37.1 Å². The number of benzene rings is 1. The van der Waals surface area contributed by atoms with Crippen LogP contribution in [0.2, 0.25) is 0 Å². The van der Waals surface area contributed by atoms with Gasteiger partial charge in [0.1, 0.15) is 11.5 Å². The summed E-state index contributed by atoms with van der Waals surface area (Å²) in [6.07, 6.45) is 8.20. The van der Waals surface area contributed by atoms with Crippen molar-refractivity contribution in [2.75, 3.05) is 26.3 Å². The Hall–Kier alpha value is -1.71. The first-order valence-corrected chi connectivity index (χ1v) is 8.93. The average molecular weight is 319 g/mol. The monoisotopic (exact) mass is 319 g/mol. The Balaban J connectivity index is 1.72. The fourth-order valence-electron chi connectivity index (χ4n) is 2.75. The van der Waals surface area contributed by atoms with Crippen molar-refractivity contribution < 1.29 is 14.3 Å². The summed E-state index contributed by atoms with van der Waals surface area (Å²) in [5, 5.41) is 0. The number of carbonyl (C=O) groups excluding carboxylic acids is 1. The van der Waals surface area contributed by atoms with E-state index in [4.69, 9.17) is 9.47 Å². The van der Waals surface area contributed by atoms with E-state index in [0.29, 0.717) is 5.75 Å². The van der Waals surface area contributed by atoms with E-state index in [1.807, 2.05) is 29.2 Å². The van der Waals surface area contributed by atoms with Crippen LogP contribution in [-0.2, 0) is 4.79 Å². The minimum absolute atomic E-state index is 0.0792. The standard InChI is InChI=1S/C19H29NO3/c1-2-3-4-8-14-22-17-10-9-11-18(15-17)23-16-19(21)20-12-6-5-7-13-20/h9-11,15H,2-8,12-14,16H2,1H3. The van der Waals surface area contributed by atoms with E-state index in [1.165, 1.54) is 25.7 Å². The summed E-state index contributed by atoms with van der Waals surface area (Å²) in [7, 11) is 0. The zero-order valence-corrected chi connectivity index (χ0v) is 14.3. The molecule has 0 aromatic heterocycles. The van der Waals surface area contributed by atoms with Gasteiger partial charge in [-0.25, -0.2) is 0 Å². The third-order valence-corrected chi connectivity index (χ3v) is 4.14. The van der Waals surface area contributed by atoms with Crippen LogP contribution in [0.4, 0.5) is 0 Å². The summed E-state index contributed by atoms with van der Waals surface area (Å²) in [5.41, 5.74) is 0. The summed E-state index contributed by atoms with van der Waals surface area (Å²) in [6, 6.07) is 7.57. The first-order chi connectivity index (χ1) is 11.3. The molecule has 0 saturated carbocycles. The normalized spacial score (nSPS) is 14.6. The van der Waals surface area contributed by atoms with E-state index in [0.717, 1.165) is 44.7 Å². The van der Waals surface area contributed by atoms with Gasteiger partial charge in [0.15, 0.2) is 6.61 Å². The summed E-state index contributed by atoms with van der Waals surface area (Å²) in [5.74, 6) is 1.58. The molecule has 0 aliphatic carbocycles. The summed E-state index contributed by atoms with van der Waals surface area (Å²) in [6.45, 7) is 4.77. The highest BCUT2D eigenvalue weighted by Crippen LogP contribution is 2.20. The van der Waals surface area contributed by atoms with Gasteiger partial charge in [-0.3, -0.25) is 4.79 Å². The topological polar surface area (TPSA) is 38.8 Å². The molecule has 1 amide bonds. The van der Waals surface area contributed by atoms with Crippen LogP contribution in [0.1, 0.15) is 51.9 Å². The van der Waals surface area contributed by atoms with E-state index in [1.54, 1.807) is 0 Å². The second-order valence-corrected chi connectivity index (χ2v) is 6.11. The van der Waals surface area contributed by atoms with Crippen molar-refractivity contribution in [1.82, 2.24) is 4.90 Å². The molecule has 2 rings (SSSR count). The number of hydrogen-bond acceptors (Lipinski definition) is 3. The maximum atomic E-state index is 12.1. The van der Waals surface area contributed by atoms with Gasteiger partial charge in [0.05, 0.1) is 6.61 Å². The van der Waals surface area contributed by atoms with Crippen LogP contribution in [0.5, 0.6) is 11.5 Å². The molecule has 23 heavy (non-hydrogen) atoms. The number of ether oxygens (including phenoxy) is 2. The Morgan fingerprint density at radius 2 is 1.78 bits per heavy atom. The highest BCUT2D eigenvalue weighted by molar-refractivity contribution is 5.77. The van der Waals surface area contributed by atoms with Gasteiger partial charge < -0.3 is 14.4 Å². The second-order valence-electron chi connectivity index (χ2n) is 6.11. The quantitative estimate of drug-likeness (QED) is 0.645. The van der Waals surface area contributed by atoms with Crippen LogP contribution in [0, 0.1) is 0 Å². The van der Waals surface area contributed by atoms with E-state index in [9.17, 15) is 4.79 Å². The van der Waals surface area contributed by atoms with Gasteiger partial charge >= 0.3 is 0 Å². The summed E-state index contributed by atoms with van der Waals surface area (Å²) < 4.78 is 11.4. The number of rotatable bonds is 9. The van der Waals surface area contributed by atoms with Gasteiger partial charge in [-0.1, -0.05) is 32.3 Å². The molecule has 4 nitrogen and oxygen atoms in total. The molecular weight excluding hydrogens is 290 g/mol. The predicted molar refractivity (Wildman–Crippen MR) is 92.0 cm³/mol. The number of nitrogens with zero attached hydrogens (tertiary/aromatic N) is 1. The minimum Gasteiger partial charge on any atom is -0.493 e. The lowest BCUT2D eigenvalue weighted by Crippen LogP contribution is -2.38. The maximum absolute atomic E-state index is 12.1. The van der Waals surface area contributed by atoms with Gasteiger partial charge in [0.2, 0.25) is 0 Å². The first kappa shape index (κ1) is 17.6. The van der Waals surface area contributed by atoms with Crippen molar-refractivity contribution in [1.29, 1.82) is 0 Å². The molecule has 0 unspecified atom stereocenters. The number of amides is 1. The van der Waals surface area contributed by atoms with Gasteiger partial charge in [-0.2, -0.15) is 0 Å². The molecule has 0 atom stereocenters. The lowest BCUT2D eigenvalue weighted by Gasteiger charge is -2.26. The van der Waals surface area contributed by atoms with Crippen LogP contribution in [0.25, 0.3) is 0 Å². The third-order valence-electron chi connectivity index (χ3n) is 4.14. The molecule has 4 heteroatoms. The molecule has 1 fully saturated rings. The Morgan fingerprint density at radius 3 is 2.52 bits per heavy atom. The van der Waals surface area contributed by atoms with Gasteiger partial charge in [-0.05, 0) is 37.8 Å². The largest absolute Gasteiger partial charge is 0.493 e. The summed E-state index contributed by atoms with van der Waals surface area (Å²) in [4.78, 5) is 14.0. The highest BCUT2D eigenvalue weighted by Gasteiger charge is 2.16. The zero-order chi connectivity index (χ0) is 16.3. The van der Waals surface area contributed by atoms with Crippen LogP contribution in [0.3, 0.4) is 0 Å². The number of hydrogen-bond donors (Lipinski definition) is 0. The van der Waals surface area contributed by atoms with Gasteiger partial charge in [-0.15, -0.1) is 0 Å². The van der Waals surface area contributed by atoms with Crippen molar-refractivity contribution in [3.8, 4) is 11.5 Å². The molecule has 1 aromatic rings. The molecule has 0 bridgehead atoms. The molecule has 128 valence electrons. The SMILES string of the molecule is CCCCCCOc1cccc(OCC(=O)N2CCCCC2)c1. The molecule has 0 N–H and O–H groups in total. The fraction of sp³-hybridized carbons (Fsp3) is 0.632. The van der Waals surface area contributed by atoms with E-state index in [-0.39, 0.29) is 12.5 Å². The molecule has 1 saturated heterocycles. The molecule has 1 aromatic carbocycles. The van der Waals surface area contributed by atoms with Crippen molar-refractivity contribution in [2.24, 2.45) is 0 Å². The van der Waals surface area contributed by atoms with Crippen LogP contribution in [0.15, 0.2) is 24.3 Å². The highest BCUT2D eigenvalue weighted by atomic mass is 16.5. The summed E-state index contributed by atoms with van der Waals surface area (Å²) >= 11 is 0. The number of piperidine rings is 1. The maximum Gasteiger partial charge on any atom is 0.260 e. The Morgan fingerprint density at radius 1 is 1.04 bits per heavy atom. The fourth-order valence-corrected chi connectivity index (χ4v) is 2.75. The smallest absolute Gasteiger partial charge is 0.260 e. The van der Waals surface area contributed by atoms with Crippen molar-refractivity contribution in [3.05, 3.63) is 24.3 Å². The van der Waals surface area contributed by atoms with Crippen LogP contribution >= 0.6 is 0 Å². The zero-order valence-electron chi connectivity index (χ0n) is 14.3. The lowest BCUT2D eigenvalue weighted by molar-refractivity contribution is -0.134. The Labute approximate surface area is 139 Å². The van der Waals surface area contributed by atoms with E-state index < -0.39 is 0 Å². The van der Waals surface area contributed by atoms with E-state index >= 15 is 0 Å². The molecule has 1 aliphatic rings. The van der Waals surface area contributed by atoms with Crippen molar-refractivity contribution in [3.63, 3.8) is 0 Å². The van der Waals surface area contributed by atoms with Crippen LogP contribution < -0.4 is 9.47 Å². The predicted octanol–water partition coefficient (Wildman–Crippen LogP) is 4.04. The first-order valence-electron chi connectivity index (χ1n) is 8.93. The Bertz CT molecular complexity index is 469. The minimum atomic E-state index is 0.0792. The number of carbonyl (C=O) groups is 1. The Kier molecular flexibility index (Phi) is 7.78. The van der Waals surface area contributed by atoms with Gasteiger partial charge in [0, 0.05) is 19.2 Å². The molecule has 0 spiro atoms. The van der Waals surface area contributed by atoms with E-state index in [2.05, 4.69) is 6.92 Å². The molecule has 0 radical (unpaired) electrons. The van der Waals surface area contributed by atoms with Gasteiger partial charge in [0.25, 0.3) is 5.91 Å². The third kappa shape index (κ3) is 6.51. The molecular formula is C19H29NO3. The number of unbranched alkanes of at least 4 members (excludes halogenated alkanes) is 3. The van der Waals surface area contributed by atoms with Crippen molar-refractivity contribution >= 4 is 5.91 Å².